The summed E-state index contributed by atoms with van der Waals surface area (Å²) < 4.78 is 5.47. The van der Waals surface area contributed by atoms with Gasteiger partial charge in [-0.3, -0.25) is 4.79 Å². The lowest BCUT2D eigenvalue weighted by molar-refractivity contribution is -0.136. The van der Waals surface area contributed by atoms with E-state index in [1.54, 1.807) is 26.2 Å². The Morgan fingerprint density at radius 1 is 1.43 bits per heavy atom. The number of carbonyl (C=O) groups is 1. The second-order valence-electron chi connectivity index (χ2n) is 6.85. The molecule has 0 aliphatic heterocycles. The number of halogens is 1. The van der Waals surface area contributed by atoms with Gasteiger partial charge in [-0.1, -0.05) is 24.4 Å². The number of methoxy groups -OCH3 is 1. The second kappa shape index (κ2) is 5.85. The summed E-state index contributed by atoms with van der Waals surface area (Å²) in [5, 5.41) is 11.2. The first kappa shape index (κ1) is 16.4. The highest BCUT2D eigenvalue weighted by Gasteiger charge is 2.55. The molecule has 23 heavy (non-hydrogen) atoms. The lowest BCUT2D eigenvalue weighted by Crippen LogP contribution is -2.43. The van der Waals surface area contributed by atoms with E-state index in [4.69, 9.17) is 16.3 Å². The zero-order chi connectivity index (χ0) is 16.8. The van der Waals surface area contributed by atoms with Crippen molar-refractivity contribution in [3.8, 4) is 17.6 Å². The van der Waals surface area contributed by atoms with Gasteiger partial charge in [-0.05, 0) is 44.2 Å². The molecule has 4 heteroatoms. The molecular weight excluding hydrogens is 312 g/mol. The molecule has 2 fully saturated rings. The largest absolute Gasteiger partial charge is 0.496 e. The molecule has 0 radical (unpaired) electrons. The Kier molecular flexibility index (Phi) is 4.16. The number of ether oxygens (including phenoxy) is 1. The van der Waals surface area contributed by atoms with Crippen molar-refractivity contribution < 1.29 is 14.6 Å². The fraction of sp³-hybridized carbons (Fsp3) is 0.526. The molecule has 2 saturated carbocycles. The Hall–Kier alpha value is -1.50. The van der Waals surface area contributed by atoms with Crippen molar-refractivity contribution in [1.82, 2.24) is 0 Å². The summed E-state index contributed by atoms with van der Waals surface area (Å²) in [6, 6.07) is 3.53. The van der Waals surface area contributed by atoms with Gasteiger partial charge in [0.2, 0.25) is 0 Å². The Morgan fingerprint density at radius 3 is 2.83 bits per heavy atom. The first-order valence-corrected chi connectivity index (χ1v) is 8.31. The van der Waals surface area contributed by atoms with Gasteiger partial charge in [0.15, 0.2) is 0 Å². The lowest BCUT2D eigenvalue weighted by atomic mass is 9.67. The molecule has 1 aromatic rings. The average Bonchev–Trinajstić information content (AvgIpc) is 2.89. The molecule has 0 saturated heterocycles. The summed E-state index contributed by atoms with van der Waals surface area (Å²) in [7, 11) is 1.55. The maximum absolute atomic E-state index is 13.0. The fourth-order valence-electron chi connectivity index (χ4n) is 4.19. The third-order valence-corrected chi connectivity index (χ3v) is 5.69. The highest BCUT2D eigenvalue weighted by Crippen LogP contribution is 2.55. The Bertz CT molecular complexity index is 715. The van der Waals surface area contributed by atoms with Crippen LogP contribution in [-0.2, 0) is 4.79 Å². The fourth-order valence-corrected chi connectivity index (χ4v) is 4.51. The summed E-state index contributed by atoms with van der Waals surface area (Å²) in [5.41, 5.74) is 0.987. The molecule has 1 N–H and O–H groups in total. The molecule has 3 rings (SSSR count). The van der Waals surface area contributed by atoms with Crippen LogP contribution in [0.1, 0.15) is 50.2 Å². The number of fused-ring (bicyclic) bond motifs is 2. The number of aliphatic hydroxyl groups is 1. The molecule has 3 nitrogen and oxygen atoms in total. The molecule has 2 aliphatic carbocycles. The lowest BCUT2D eigenvalue weighted by Gasteiger charge is -2.38. The van der Waals surface area contributed by atoms with Crippen molar-refractivity contribution in [1.29, 1.82) is 0 Å². The maximum Gasteiger partial charge on any atom is 0.149 e. The summed E-state index contributed by atoms with van der Waals surface area (Å²) in [5.74, 6) is 5.92. The van der Waals surface area contributed by atoms with Crippen LogP contribution in [0, 0.1) is 23.2 Å². The molecule has 0 aromatic heterocycles. The van der Waals surface area contributed by atoms with E-state index in [1.165, 1.54) is 0 Å². The number of rotatable bonds is 2. The Balaban J connectivity index is 2.13. The van der Waals surface area contributed by atoms with E-state index in [0.717, 1.165) is 24.8 Å². The minimum Gasteiger partial charge on any atom is -0.496 e. The number of ketones is 1. The van der Waals surface area contributed by atoms with Crippen molar-refractivity contribution in [2.75, 3.05) is 7.11 Å². The molecule has 0 heterocycles. The van der Waals surface area contributed by atoms with Crippen LogP contribution in [0.3, 0.4) is 0 Å². The third kappa shape index (κ3) is 2.55. The van der Waals surface area contributed by atoms with Gasteiger partial charge >= 0.3 is 0 Å². The van der Waals surface area contributed by atoms with Gasteiger partial charge in [0.05, 0.1) is 19.1 Å². The van der Waals surface area contributed by atoms with E-state index in [9.17, 15) is 9.90 Å². The van der Waals surface area contributed by atoms with Gasteiger partial charge < -0.3 is 9.84 Å². The zero-order valence-corrected chi connectivity index (χ0v) is 14.4. The minimum atomic E-state index is -0.701. The van der Waals surface area contributed by atoms with Gasteiger partial charge in [-0.25, -0.2) is 0 Å². The topological polar surface area (TPSA) is 46.5 Å². The standard InChI is InChI=1S/C19H21ClO3/c1-4-5-11-8-13(20)15(14(9-11)23-3)16-17(21)12-6-7-19(2,10-12)18(16)22/h8-9,12,16-17,21H,6-7,10H2,1-3H3. The number of carbonyl (C=O) groups excluding carboxylic acids is 1. The van der Waals surface area contributed by atoms with Gasteiger partial charge in [-0.2, -0.15) is 0 Å². The van der Waals surface area contributed by atoms with Crippen LogP contribution in [0.25, 0.3) is 0 Å². The van der Waals surface area contributed by atoms with E-state index in [0.29, 0.717) is 16.3 Å². The maximum atomic E-state index is 13.0. The van der Waals surface area contributed by atoms with Crippen LogP contribution in [0.4, 0.5) is 0 Å². The molecule has 2 bridgehead atoms. The molecule has 122 valence electrons. The minimum absolute atomic E-state index is 0.0771. The highest BCUT2D eigenvalue weighted by molar-refractivity contribution is 6.32. The van der Waals surface area contributed by atoms with Gasteiger partial charge in [-0.15, -0.1) is 5.92 Å². The summed E-state index contributed by atoms with van der Waals surface area (Å²) >= 11 is 6.46. The summed E-state index contributed by atoms with van der Waals surface area (Å²) in [6.07, 6.45) is 1.79. The van der Waals surface area contributed by atoms with Crippen LogP contribution in [0.2, 0.25) is 5.02 Å². The molecule has 1 aromatic carbocycles. The van der Waals surface area contributed by atoms with Crippen LogP contribution < -0.4 is 4.74 Å². The Morgan fingerprint density at radius 2 is 2.17 bits per heavy atom. The summed E-state index contributed by atoms with van der Waals surface area (Å²) in [4.78, 5) is 13.0. The number of hydrogen-bond donors (Lipinski definition) is 1. The Labute approximate surface area is 142 Å². The SMILES string of the molecule is CC#Cc1cc(Cl)c(C2C(=O)C3(C)CCC(C3)C2O)c(OC)c1. The van der Waals surface area contributed by atoms with Crippen molar-refractivity contribution in [3.05, 3.63) is 28.3 Å². The van der Waals surface area contributed by atoms with Gasteiger partial charge in [0.25, 0.3) is 0 Å². The van der Waals surface area contributed by atoms with Gasteiger partial charge in [0.1, 0.15) is 11.5 Å². The summed E-state index contributed by atoms with van der Waals surface area (Å²) in [6.45, 7) is 3.76. The average molecular weight is 333 g/mol. The number of benzene rings is 1. The normalized spacial score (nSPS) is 32.4. The first-order valence-electron chi connectivity index (χ1n) is 7.94. The van der Waals surface area contributed by atoms with E-state index in [-0.39, 0.29) is 17.1 Å². The highest BCUT2D eigenvalue weighted by atomic mass is 35.5. The number of aliphatic hydroxyl groups excluding tert-OH is 1. The van der Waals surface area contributed by atoms with Crippen LogP contribution in [-0.4, -0.2) is 24.1 Å². The first-order chi connectivity index (χ1) is 10.9. The quantitative estimate of drug-likeness (QED) is 0.842. The molecule has 2 aliphatic rings. The number of hydrogen-bond acceptors (Lipinski definition) is 3. The van der Waals surface area contributed by atoms with E-state index in [1.807, 2.05) is 6.92 Å². The second-order valence-corrected chi connectivity index (χ2v) is 7.25. The van der Waals surface area contributed by atoms with E-state index >= 15 is 0 Å². The van der Waals surface area contributed by atoms with Crippen molar-refractivity contribution in [2.45, 2.75) is 45.1 Å². The predicted octanol–water partition coefficient (Wildman–Crippen LogP) is 3.55. The van der Waals surface area contributed by atoms with Crippen molar-refractivity contribution >= 4 is 17.4 Å². The van der Waals surface area contributed by atoms with Crippen LogP contribution >= 0.6 is 11.6 Å². The van der Waals surface area contributed by atoms with E-state index in [2.05, 4.69) is 11.8 Å². The zero-order valence-electron chi connectivity index (χ0n) is 13.6. The van der Waals surface area contributed by atoms with Crippen LogP contribution in [0.15, 0.2) is 12.1 Å². The molecule has 0 amide bonds. The van der Waals surface area contributed by atoms with Gasteiger partial charge in [0, 0.05) is 21.6 Å². The molecule has 4 unspecified atom stereocenters. The number of Topliss-reactive ketones (excluding diaryl/α,β-unsaturated/α-hetero) is 1. The van der Waals surface area contributed by atoms with Crippen molar-refractivity contribution in [3.63, 3.8) is 0 Å². The molecule has 0 spiro atoms. The van der Waals surface area contributed by atoms with E-state index < -0.39 is 12.0 Å². The molecular formula is C19H21ClO3. The third-order valence-electron chi connectivity index (χ3n) is 5.37. The predicted molar refractivity (Wildman–Crippen MR) is 89.8 cm³/mol. The molecule has 4 atom stereocenters. The smallest absolute Gasteiger partial charge is 0.149 e. The van der Waals surface area contributed by atoms with Crippen molar-refractivity contribution in [2.24, 2.45) is 11.3 Å². The monoisotopic (exact) mass is 332 g/mol. The van der Waals surface area contributed by atoms with Crippen LogP contribution in [0.5, 0.6) is 5.75 Å².